The number of carbonyl (C=O) groups excluding carboxylic acids is 2. The van der Waals surface area contributed by atoms with Gasteiger partial charge in [-0.15, -0.1) is 0 Å². The summed E-state index contributed by atoms with van der Waals surface area (Å²) in [5.74, 6) is -2.52. The maximum Gasteiger partial charge on any atom is 0.326 e. The topological polar surface area (TPSA) is 136 Å². The van der Waals surface area contributed by atoms with E-state index < -0.39 is 36.0 Å². The van der Waals surface area contributed by atoms with Crippen molar-refractivity contribution in [3.8, 4) is 0 Å². The molecule has 8 nitrogen and oxygen atoms in total. The summed E-state index contributed by atoms with van der Waals surface area (Å²) in [6, 6.07) is -1.12. The van der Waals surface area contributed by atoms with Crippen molar-refractivity contribution in [2.24, 2.45) is 0 Å². The Morgan fingerprint density at radius 1 is 1.05 bits per heavy atom. The second kappa shape index (κ2) is 8.44. The Balaban J connectivity index is 4.06. The van der Waals surface area contributed by atoms with Gasteiger partial charge < -0.3 is 26.0 Å². The minimum absolute atomic E-state index is 0.105. The molecule has 0 saturated carbocycles. The lowest BCUT2D eigenvalue weighted by Crippen LogP contribution is -2.45. The van der Waals surface area contributed by atoms with E-state index in [-0.39, 0.29) is 13.0 Å². The van der Waals surface area contributed by atoms with Gasteiger partial charge in [0.05, 0.1) is 0 Å². The molecule has 0 saturated heterocycles. The lowest BCUT2D eigenvalue weighted by molar-refractivity contribution is -0.143. The third-order valence-electron chi connectivity index (χ3n) is 2.34. The molecule has 0 aliphatic carbocycles. The highest BCUT2D eigenvalue weighted by atomic mass is 16.4. The van der Waals surface area contributed by atoms with E-state index in [0.29, 0.717) is 6.42 Å². The molecule has 0 heterocycles. The Morgan fingerprint density at radius 2 is 1.58 bits per heavy atom. The molecule has 0 aliphatic heterocycles. The van der Waals surface area contributed by atoms with Crippen molar-refractivity contribution in [3.05, 3.63) is 0 Å². The first kappa shape index (κ1) is 17.3. The quantitative estimate of drug-likeness (QED) is 0.332. The Bertz CT molecular complexity index is 329. The molecular weight excluding hydrogens is 256 g/mol. The first-order chi connectivity index (χ1) is 8.75. The van der Waals surface area contributed by atoms with Crippen molar-refractivity contribution < 1.29 is 29.7 Å². The van der Waals surface area contributed by atoms with Crippen LogP contribution in [0.5, 0.6) is 0 Å². The minimum Gasteiger partial charge on any atom is -0.480 e. The van der Waals surface area contributed by atoms with Crippen molar-refractivity contribution in [2.75, 3.05) is 6.54 Å². The molecular formula is C11H20N2O6. The number of hydrogen-bond acceptors (Lipinski definition) is 5. The van der Waals surface area contributed by atoms with Crippen molar-refractivity contribution in [1.82, 2.24) is 10.6 Å². The number of aliphatic hydroxyl groups is 2. The second-order valence-electron chi connectivity index (χ2n) is 4.18. The van der Waals surface area contributed by atoms with Gasteiger partial charge in [0, 0.05) is 6.54 Å². The SMILES string of the molecule is C[C@H](O)C(=O)NCCC[C@@H](NC(=O)[C@H](C)O)C(=O)O. The molecule has 0 unspecified atom stereocenters. The van der Waals surface area contributed by atoms with E-state index in [1.165, 1.54) is 13.8 Å². The fraction of sp³-hybridized carbons (Fsp3) is 0.727. The molecule has 0 aromatic rings. The molecule has 0 bridgehead atoms. The van der Waals surface area contributed by atoms with Crippen LogP contribution in [0, 0.1) is 0 Å². The fourth-order valence-electron chi connectivity index (χ4n) is 1.22. The van der Waals surface area contributed by atoms with E-state index in [9.17, 15) is 14.4 Å². The van der Waals surface area contributed by atoms with Crippen LogP contribution in [-0.2, 0) is 14.4 Å². The average Bonchev–Trinajstić information content (AvgIpc) is 2.31. The minimum atomic E-state index is -1.28. The maximum atomic E-state index is 11.2. The van der Waals surface area contributed by atoms with Crippen LogP contribution in [0.3, 0.4) is 0 Å². The molecule has 5 N–H and O–H groups in total. The van der Waals surface area contributed by atoms with Gasteiger partial charge in [-0.05, 0) is 26.7 Å². The van der Waals surface area contributed by atoms with Crippen LogP contribution in [0.1, 0.15) is 26.7 Å². The predicted octanol–water partition coefficient (Wildman–Crippen LogP) is -1.79. The molecule has 110 valence electrons. The third kappa shape index (κ3) is 7.37. The van der Waals surface area contributed by atoms with E-state index in [0.717, 1.165) is 0 Å². The summed E-state index contributed by atoms with van der Waals surface area (Å²) < 4.78 is 0. The van der Waals surface area contributed by atoms with Gasteiger partial charge >= 0.3 is 5.97 Å². The van der Waals surface area contributed by atoms with E-state index in [1.807, 2.05) is 0 Å². The van der Waals surface area contributed by atoms with Crippen LogP contribution in [0.4, 0.5) is 0 Å². The van der Waals surface area contributed by atoms with Gasteiger partial charge in [-0.1, -0.05) is 0 Å². The molecule has 2 amide bonds. The Kier molecular flexibility index (Phi) is 7.69. The van der Waals surface area contributed by atoms with Gasteiger partial charge in [0.25, 0.3) is 0 Å². The van der Waals surface area contributed by atoms with Crippen molar-refractivity contribution in [2.45, 2.75) is 44.9 Å². The number of carboxylic acids is 1. The third-order valence-corrected chi connectivity index (χ3v) is 2.34. The van der Waals surface area contributed by atoms with Crippen molar-refractivity contribution >= 4 is 17.8 Å². The number of aliphatic carboxylic acids is 1. The van der Waals surface area contributed by atoms with E-state index in [4.69, 9.17) is 15.3 Å². The van der Waals surface area contributed by atoms with Crippen LogP contribution < -0.4 is 10.6 Å². The van der Waals surface area contributed by atoms with E-state index >= 15 is 0 Å². The molecule has 0 radical (unpaired) electrons. The lowest BCUT2D eigenvalue weighted by atomic mass is 10.1. The first-order valence-corrected chi connectivity index (χ1v) is 5.92. The van der Waals surface area contributed by atoms with Gasteiger partial charge in [0.2, 0.25) is 11.8 Å². The van der Waals surface area contributed by atoms with E-state index in [1.54, 1.807) is 0 Å². The number of amides is 2. The lowest BCUT2D eigenvalue weighted by Gasteiger charge is -2.15. The highest BCUT2D eigenvalue weighted by molar-refractivity contribution is 5.85. The summed E-state index contributed by atoms with van der Waals surface area (Å²) >= 11 is 0. The molecule has 8 heteroatoms. The Morgan fingerprint density at radius 3 is 2.00 bits per heavy atom. The number of aliphatic hydroxyl groups excluding tert-OH is 2. The molecule has 19 heavy (non-hydrogen) atoms. The number of carboxylic acid groups (broad SMARTS) is 1. The summed E-state index contributed by atoms with van der Waals surface area (Å²) in [7, 11) is 0. The van der Waals surface area contributed by atoms with Crippen LogP contribution in [0.2, 0.25) is 0 Å². The van der Waals surface area contributed by atoms with Crippen LogP contribution in [0.15, 0.2) is 0 Å². The predicted molar refractivity (Wildman–Crippen MR) is 65.2 cm³/mol. The summed E-state index contributed by atoms with van der Waals surface area (Å²) in [5.41, 5.74) is 0. The van der Waals surface area contributed by atoms with Crippen molar-refractivity contribution in [1.29, 1.82) is 0 Å². The molecule has 0 aromatic carbocycles. The zero-order chi connectivity index (χ0) is 15.0. The van der Waals surface area contributed by atoms with Gasteiger partial charge in [0.1, 0.15) is 18.2 Å². The van der Waals surface area contributed by atoms with Crippen LogP contribution in [0.25, 0.3) is 0 Å². The number of nitrogens with one attached hydrogen (secondary N) is 2. The van der Waals surface area contributed by atoms with Gasteiger partial charge in [-0.25, -0.2) is 4.79 Å². The van der Waals surface area contributed by atoms with Crippen LogP contribution >= 0.6 is 0 Å². The highest BCUT2D eigenvalue weighted by Crippen LogP contribution is 1.98. The normalized spacial score (nSPS) is 15.2. The highest BCUT2D eigenvalue weighted by Gasteiger charge is 2.21. The first-order valence-electron chi connectivity index (χ1n) is 5.92. The molecule has 0 fully saturated rings. The van der Waals surface area contributed by atoms with Crippen molar-refractivity contribution in [3.63, 3.8) is 0 Å². The standard InChI is InChI=1S/C11H20N2O6/c1-6(14)9(16)12-5-3-4-8(11(18)19)13-10(17)7(2)15/h6-8,14-15H,3-5H2,1-2H3,(H,12,16)(H,13,17)(H,18,19)/t6-,7-,8+/m0/s1. The summed E-state index contributed by atoms with van der Waals surface area (Å²) in [5, 5.41) is 31.3. The molecule has 0 aliphatic rings. The fourth-order valence-corrected chi connectivity index (χ4v) is 1.22. The largest absolute Gasteiger partial charge is 0.480 e. The molecule has 0 spiro atoms. The smallest absolute Gasteiger partial charge is 0.326 e. The summed E-state index contributed by atoms with van der Waals surface area (Å²) in [4.78, 5) is 33.0. The number of rotatable bonds is 8. The monoisotopic (exact) mass is 276 g/mol. The maximum absolute atomic E-state index is 11.2. The zero-order valence-corrected chi connectivity index (χ0v) is 10.9. The zero-order valence-electron chi connectivity index (χ0n) is 10.9. The molecule has 3 atom stereocenters. The van der Waals surface area contributed by atoms with Crippen LogP contribution in [-0.4, -0.2) is 57.9 Å². The average molecular weight is 276 g/mol. The number of hydrogen-bond donors (Lipinski definition) is 5. The second-order valence-corrected chi connectivity index (χ2v) is 4.18. The van der Waals surface area contributed by atoms with Gasteiger partial charge in [-0.3, -0.25) is 9.59 Å². The summed E-state index contributed by atoms with van der Waals surface area (Å²) in [6.07, 6.45) is -1.98. The van der Waals surface area contributed by atoms with Gasteiger partial charge in [0.15, 0.2) is 0 Å². The Hall–Kier alpha value is -1.67. The molecule has 0 rings (SSSR count). The molecule has 0 aromatic heterocycles. The van der Waals surface area contributed by atoms with E-state index in [2.05, 4.69) is 10.6 Å². The Labute approximate surface area is 110 Å². The number of carbonyl (C=O) groups is 3. The van der Waals surface area contributed by atoms with Gasteiger partial charge in [-0.2, -0.15) is 0 Å². The summed E-state index contributed by atoms with van der Waals surface area (Å²) in [6.45, 7) is 2.74.